The molecule has 0 bridgehead atoms. The number of aromatic nitrogens is 2. The average molecular weight is 255 g/mol. The van der Waals surface area contributed by atoms with Gasteiger partial charge in [-0.1, -0.05) is 6.07 Å². The lowest BCUT2D eigenvalue weighted by atomic mass is 10.2. The molecule has 0 saturated heterocycles. The number of hydrogen-bond acceptors (Lipinski definition) is 2. The van der Waals surface area contributed by atoms with E-state index in [0.717, 1.165) is 19.0 Å². The second-order valence-electron chi connectivity index (χ2n) is 6.10. The van der Waals surface area contributed by atoms with E-state index in [-0.39, 0.29) is 0 Å². The summed E-state index contributed by atoms with van der Waals surface area (Å²) in [5.74, 6) is 1.27. The van der Waals surface area contributed by atoms with Crippen LogP contribution in [-0.4, -0.2) is 22.1 Å². The molecule has 2 aliphatic carbocycles. The summed E-state index contributed by atoms with van der Waals surface area (Å²) in [6.45, 7) is 3.21. The van der Waals surface area contributed by atoms with Crippen molar-refractivity contribution in [2.45, 2.75) is 51.1 Å². The summed E-state index contributed by atoms with van der Waals surface area (Å²) >= 11 is 0. The van der Waals surface area contributed by atoms with Crippen molar-refractivity contribution in [3.8, 4) is 0 Å². The molecular weight excluding hydrogens is 234 g/mol. The van der Waals surface area contributed by atoms with E-state index in [4.69, 9.17) is 4.98 Å². The molecule has 1 N–H and O–H groups in total. The number of fused-ring (bicyclic) bond motifs is 1. The highest BCUT2D eigenvalue weighted by atomic mass is 15.1. The highest BCUT2D eigenvalue weighted by molar-refractivity contribution is 5.77. The zero-order chi connectivity index (χ0) is 12.8. The molecule has 2 saturated carbocycles. The van der Waals surface area contributed by atoms with Gasteiger partial charge >= 0.3 is 0 Å². The summed E-state index contributed by atoms with van der Waals surface area (Å²) in [5, 5.41) is 3.59. The van der Waals surface area contributed by atoms with Gasteiger partial charge in [-0.15, -0.1) is 0 Å². The molecule has 0 unspecified atom stereocenters. The van der Waals surface area contributed by atoms with Crippen molar-refractivity contribution in [3.63, 3.8) is 0 Å². The van der Waals surface area contributed by atoms with Gasteiger partial charge in [0.05, 0.1) is 11.0 Å². The Morgan fingerprint density at radius 2 is 2.11 bits per heavy atom. The van der Waals surface area contributed by atoms with E-state index in [1.54, 1.807) is 0 Å². The van der Waals surface area contributed by atoms with E-state index in [1.165, 1.54) is 48.1 Å². The minimum atomic E-state index is 0.712. The number of nitrogens with zero attached hydrogens (tertiary/aromatic N) is 2. The normalized spacial score (nSPS) is 19.2. The Balaban J connectivity index is 1.64. The van der Waals surface area contributed by atoms with Crippen molar-refractivity contribution < 1.29 is 0 Å². The van der Waals surface area contributed by atoms with Crippen LogP contribution in [0.25, 0.3) is 11.0 Å². The molecule has 1 heterocycles. The minimum absolute atomic E-state index is 0.712. The summed E-state index contributed by atoms with van der Waals surface area (Å²) in [7, 11) is 0. The minimum Gasteiger partial charge on any atom is -0.325 e. The smallest absolute Gasteiger partial charge is 0.111 e. The fourth-order valence-corrected chi connectivity index (χ4v) is 2.85. The first-order valence-corrected chi connectivity index (χ1v) is 7.52. The maximum atomic E-state index is 4.87. The summed E-state index contributed by atoms with van der Waals surface area (Å²) in [4.78, 5) is 4.87. The van der Waals surface area contributed by atoms with Gasteiger partial charge in [-0.2, -0.15) is 0 Å². The number of aryl methyl sites for hydroxylation is 1. The number of imidazole rings is 1. The van der Waals surface area contributed by atoms with Gasteiger partial charge in [0.1, 0.15) is 5.82 Å². The largest absolute Gasteiger partial charge is 0.325 e. The van der Waals surface area contributed by atoms with E-state index >= 15 is 0 Å². The molecular formula is C16H21N3. The first-order valence-electron chi connectivity index (χ1n) is 7.52. The van der Waals surface area contributed by atoms with Crippen molar-refractivity contribution >= 4 is 11.0 Å². The van der Waals surface area contributed by atoms with Gasteiger partial charge in [0.2, 0.25) is 0 Å². The predicted molar refractivity (Wildman–Crippen MR) is 77.5 cm³/mol. The zero-order valence-electron chi connectivity index (χ0n) is 11.5. The first kappa shape index (κ1) is 11.5. The van der Waals surface area contributed by atoms with Crippen LogP contribution in [0.15, 0.2) is 18.2 Å². The Kier molecular flexibility index (Phi) is 2.62. The van der Waals surface area contributed by atoms with Gasteiger partial charge in [-0.3, -0.25) is 0 Å². The van der Waals surface area contributed by atoms with Crippen LogP contribution < -0.4 is 5.32 Å². The zero-order valence-corrected chi connectivity index (χ0v) is 11.5. The van der Waals surface area contributed by atoms with Crippen LogP contribution >= 0.6 is 0 Å². The molecule has 2 aliphatic rings. The standard InChI is InChI=1S/C16H21N3/c1-11-2-7-15-14(10-11)18-16(19(15)13-5-6-13)8-9-17-12-3-4-12/h2,7,10,12-13,17H,3-6,8-9H2,1H3. The molecule has 2 fully saturated rings. The molecule has 0 aliphatic heterocycles. The molecule has 3 heteroatoms. The second kappa shape index (κ2) is 4.34. The topological polar surface area (TPSA) is 29.9 Å². The van der Waals surface area contributed by atoms with Crippen LogP contribution in [0.5, 0.6) is 0 Å². The third kappa shape index (κ3) is 2.27. The lowest BCUT2D eigenvalue weighted by Gasteiger charge is -2.08. The van der Waals surface area contributed by atoms with Crippen LogP contribution in [0.2, 0.25) is 0 Å². The van der Waals surface area contributed by atoms with Gasteiger partial charge in [0.15, 0.2) is 0 Å². The average Bonchev–Trinajstić information content (AvgIpc) is 3.27. The van der Waals surface area contributed by atoms with E-state index in [1.807, 2.05) is 0 Å². The SMILES string of the molecule is Cc1ccc2c(c1)nc(CCNC1CC1)n2C1CC1. The van der Waals surface area contributed by atoms with Crippen LogP contribution in [0.3, 0.4) is 0 Å². The number of nitrogens with one attached hydrogen (secondary N) is 1. The van der Waals surface area contributed by atoms with Crippen molar-refractivity contribution in [2.75, 3.05) is 6.54 Å². The molecule has 4 rings (SSSR count). The quantitative estimate of drug-likeness (QED) is 0.890. The summed E-state index contributed by atoms with van der Waals surface area (Å²) in [6.07, 6.45) is 6.42. The first-order chi connectivity index (χ1) is 9.31. The van der Waals surface area contributed by atoms with Crippen LogP contribution in [0, 0.1) is 6.92 Å². The second-order valence-corrected chi connectivity index (χ2v) is 6.10. The van der Waals surface area contributed by atoms with Crippen molar-refractivity contribution in [1.29, 1.82) is 0 Å². The third-order valence-electron chi connectivity index (χ3n) is 4.19. The molecule has 3 nitrogen and oxygen atoms in total. The fourth-order valence-electron chi connectivity index (χ4n) is 2.85. The monoisotopic (exact) mass is 255 g/mol. The molecule has 2 aromatic rings. The van der Waals surface area contributed by atoms with E-state index in [2.05, 4.69) is 35.0 Å². The highest BCUT2D eigenvalue weighted by Gasteiger charge is 2.28. The highest BCUT2D eigenvalue weighted by Crippen LogP contribution is 2.38. The van der Waals surface area contributed by atoms with Gasteiger partial charge in [-0.05, 0) is 50.3 Å². The van der Waals surface area contributed by atoms with Gasteiger partial charge < -0.3 is 9.88 Å². The van der Waals surface area contributed by atoms with Gasteiger partial charge in [-0.25, -0.2) is 4.98 Å². The Labute approximate surface area is 114 Å². The van der Waals surface area contributed by atoms with E-state index in [9.17, 15) is 0 Å². The summed E-state index contributed by atoms with van der Waals surface area (Å²) in [5.41, 5.74) is 3.80. The van der Waals surface area contributed by atoms with Crippen LogP contribution in [-0.2, 0) is 6.42 Å². The summed E-state index contributed by atoms with van der Waals surface area (Å²) in [6, 6.07) is 8.17. The molecule has 1 aromatic heterocycles. The third-order valence-corrected chi connectivity index (χ3v) is 4.19. The Bertz CT molecular complexity index is 606. The van der Waals surface area contributed by atoms with Gasteiger partial charge in [0.25, 0.3) is 0 Å². The number of rotatable bonds is 5. The Hall–Kier alpha value is -1.35. The maximum absolute atomic E-state index is 4.87. The molecule has 19 heavy (non-hydrogen) atoms. The number of benzene rings is 1. The Morgan fingerprint density at radius 3 is 2.84 bits per heavy atom. The molecule has 0 radical (unpaired) electrons. The van der Waals surface area contributed by atoms with Gasteiger partial charge in [0, 0.05) is 25.0 Å². The van der Waals surface area contributed by atoms with Crippen molar-refractivity contribution in [2.24, 2.45) is 0 Å². The molecule has 0 atom stereocenters. The lowest BCUT2D eigenvalue weighted by Crippen LogP contribution is -2.20. The fraction of sp³-hybridized carbons (Fsp3) is 0.562. The molecule has 0 spiro atoms. The van der Waals surface area contributed by atoms with E-state index < -0.39 is 0 Å². The Morgan fingerprint density at radius 1 is 1.26 bits per heavy atom. The maximum Gasteiger partial charge on any atom is 0.111 e. The van der Waals surface area contributed by atoms with Crippen molar-refractivity contribution in [3.05, 3.63) is 29.6 Å². The molecule has 0 amide bonds. The summed E-state index contributed by atoms with van der Waals surface area (Å²) < 4.78 is 2.49. The predicted octanol–water partition coefficient (Wildman–Crippen LogP) is 2.97. The van der Waals surface area contributed by atoms with E-state index in [0.29, 0.717) is 6.04 Å². The lowest BCUT2D eigenvalue weighted by molar-refractivity contribution is 0.631. The van der Waals surface area contributed by atoms with Crippen LogP contribution in [0.4, 0.5) is 0 Å². The molecule has 100 valence electrons. The number of hydrogen-bond donors (Lipinski definition) is 1. The van der Waals surface area contributed by atoms with Crippen LogP contribution in [0.1, 0.15) is 43.1 Å². The van der Waals surface area contributed by atoms with Crippen molar-refractivity contribution in [1.82, 2.24) is 14.9 Å². The molecule has 1 aromatic carbocycles.